The fraction of sp³-hybridized carbons (Fsp3) is 0.429. The third-order valence-electron chi connectivity index (χ3n) is 3.08. The molecule has 0 aliphatic rings. The van der Waals surface area contributed by atoms with Crippen molar-refractivity contribution in [3.63, 3.8) is 0 Å². The van der Waals surface area contributed by atoms with Gasteiger partial charge >= 0.3 is 5.97 Å². The van der Waals surface area contributed by atoms with Gasteiger partial charge in [-0.15, -0.1) is 0 Å². The van der Waals surface area contributed by atoms with Gasteiger partial charge in [-0.05, 0) is 23.6 Å². The number of amides is 1. The minimum atomic E-state index is -0.945. The molecular weight excluding hydrogens is 230 g/mol. The van der Waals surface area contributed by atoms with Crippen molar-refractivity contribution in [3.05, 3.63) is 35.4 Å². The first-order chi connectivity index (χ1) is 8.41. The zero-order valence-corrected chi connectivity index (χ0v) is 10.9. The second-order valence-corrected chi connectivity index (χ2v) is 4.75. The maximum Gasteiger partial charge on any atom is 0.335 e. The van der Waals surface area contributed by atoms with E-state index in [0.29, 0.717) is 12.5 Å². The Hall–Kier alpha value is -1.84. The van der Waals surface area contributed by atoms with Gasteiger partial charge in [0.15, 0.2) is 0 Å². The van der Waals surface area contributed by atoms with Gasteiger partial charge in [-0.3, -0.25) is 4.79 Å². The summed E-state index contributed by atoms with van der Waals surface area (Å²) in [5.74, 6) is -0.644. The molecule has 18 heavy (non-hydrogen) atoms. The van der Waals surface area contributed by atoms with Crippen LogP contribution in [0.25, 0.3) is 0 Å². The van der Waals surface area contributed by atoms with E-state index in [1.807, 2.05) is 20.8 Å². The van der Waals surface area contributed by atoms with Gasteiger partial charge in [0.25, 0.3) is 0 Å². The van der Waals surface area contributed by atoms with Gasteiger partial charge in [-0.1, -0.05) is 32.9 Å². The van der Waals surface area contributed by atoms with Crippen LogP contribution in [0.15, 0.2) is 24.3 Å². The number of carbonyl (C=O) groups excluding carboxylic acids is 1. The van der Waals surface area contributed by atoms with E-state index in [9.17, 15) is 9.59 Å². The molecule has 98 valence electrons. The van der Waals surface area contributed by atoms with E-state index >= 15 is 0 Å². The average molecular weight is 249 g/mol. The van der Waals surface area contributed by atoms with Crippen molar-refractivity contribution in [2.24, 2.45) is 11.8 Å². The molecule has 0 spiro atoms. The Labute approximate surface area is 107 Å². The van der Waals surface area contributed by atoms with Crippen molar-refractivity contribution in [1.82, 2.24) is 5.32 Å². The number of aromatic carboxylic acids is 1. The van der Waals surface area contributed by atoms with Crippen molar-refractivity contribution in [3.8, 4) is 0 Å². The number of rotatable bonds is 5. The Morgan fingerprint density at radius 3 is 2.17 bits per heavy atom. The fourth-order valence-corrected chi connectivity index (χ4v) is 1.42. The summed E-state index contributed by atoms with van der Waals surface area (Å²) in [5, 5.41) is 11.6. The van der Waals surface area contributed by atoms with E-state index in [4.69, 9.17) is 5.11 Å². The highest BCUT2D eigenvalue weighted by Gasteiger charge is 2.15. The standard InChI is InChI=1S/C14H19NO3/c1-9(2)10(3)13(16)15-8-11-4-6-12(7-5-11)14(17)18/h4-7,9-10H,8H2,1-3H3,(H,15,16)(H,17,18). The molecule has 0 saturated heterocycles. The highest BCUT2D eigenvalue weighted by atomic mass is 16.4. The first-order valence-corrected chi connectivity index (χ1v) is 6.01. The summed E-state index contributed by atoms with van der Waals surface area (Å²) < 4.78 is 0. The number of benzene rings is 1. The van der Waals surface area contributed by atoms with Gasteiger partial charge in [0, 0.05) is 12.5 Å². The summed E-state index contributed by atoms with van der Waals surface area (Å²) in [6, 6.07) is 6.50. The molecule has 1 aromatic carbocycles. The lowest BCUT2D eigenvalue weighted by Crippen LogP contribution is -2.31. The van der Waals surface area contributed by atoms with Crippen LogP contribution < -0.4 is 5.32 Å². The second-order valence-electron chi connectivity index (χ2n) is 4.75. The predicted molar refractivity (Wildman–Crippen MR) is 69.3 cm³/mol. The monoisotopic (exact) mass is 249 g/mol. The van der Waals surface area contributed by atoms with E-state index in [2.05, 4.69) is 5.32 Å². The molecule has 0 aliphatic heterocycles. The van der Waals surface area contributed by atoms with Crippen LogP contribution in [0.1, 0.15) is 36.7 Å². The lowest BCUT2D eigenvalue weighted by Gasteiger charge is -2.15. The largest absolute Gasteiger partial charge is 0.478 e. The Kier molecular flexibility index (Phi) is 4.89. The number of nitrogens with one attached hydrogen (secondary N) is 1. The van der Waals surface area contributed by atoms with E-state index in [1.54, 1.807) is 12.1 Å². The molecular formula is C14H19NO3. The maximum atomic E-state index is 11.7. The highest BCUT2D eigenvalue weighted by Crippen LogP contribution is 2.10. The summed E-state index contributed by atoms with van der Waals surface area (Å²) in [7, 11) is 0. The van der Waals surface area contributed by atoms with Crippen LogP contribution in [0.5, 0.6) is 0 Å². The van der Waals surface area contributed by atoms with E-state index in [1.165, 1.54) is 12.1 Å². The Morgan fingerprint density at radius 1 is 1.17 bits per heavy atom. The van der Waals surface area contributed by atoms with Gasteiger partial charge in [0.05, 0.1) is 5.56 Å². The number of hydrogen-bond acceptors (Lipinski definition) is 2. The van der Waals surface area contributed by atoms with Crippen molar-refractivity contribution in [2.45, 2.75) is 27.3 Å². The van der Waals surface area contributed by atoms with Gasteiger partial charge in [-0.25, -0.2) is 4.79 Å². The summed E-state index contributed by atoms with van der Waals surface area (Å²) in [5.41, 5.74) is 1.14. The van der Waals surface area contributed by atoms with Gasteiger partial charge in [-0.2, -0.15) is 0 Å². The first-order valence-electron chi connectivity index (χ1n) is 6.01. The van der Waals surface area contributed by atoms with Gasteiger partial charge in [0.2, 0.25) is 5.91 Å². The van der Waals surface area contributed by atoms with Crippen LogP contribution in [0.2, 0.25) is 0 Å². The van der Waals surface area contributed by atoms with Crippen molar-refractivity contribution >= 4 is 11.9 Å². The summed E-state index contributed by atoms with van der Waals surface area (Å²) >= 11 is 0. The normalized spacial score (nSPS) is 12.2. The molecule has 0 radical (unpaired) electrons. The lowest BCUT2D eigenvalue weighted by atomic mass is 9.97. The molecule has 0 aliphatic carbocycles. The molecule has 0 fully saturated rings. The molecule has 1 aromatic rings. The molecule has 0 saturated carbocycles. The topological polar surface area (TPSA) is 66.4 Å². The Morgan fingerprint density at radius 2 is 1.72 bits per heavy atom. The van der Waals surface area contributed by atoms with E-state index < -0.39 is 5.97 Å². The fourth-order valence-electron chi connectivity index (χ4n) is 1.42. The van der Waals surface area contributed by atoms with Crippen LogP contribution >= 0.6 is 0 Å². The third kappa shape index (κ3) is 3.87. The zero-order chi connectivity index (χ0) is 13.7. The third-order valence-corrected chi connectivity index (χ3v) is 3.08. The summed E-state index contributed by atoms with van der Waals surface area (Å²) in [6.07, 6.45) is 0. The van der Waals surface area contributed by atoms with Crippen molar-refractivity contribution in [1.29, 1.82) is 0 Å². The zero-order valence-electron chi connectivity index (χ0n) is 10.9. The summed E-state index contributed by atoms with van der Waals surface area (Å²) in [4.78, 5) is 22.4. The predicted octanol–water partition coefficient (Wildman–Crippen LogP) is 2.29. The molecule has 0 bridgehead atoms. The van der Waals surface area contributed by atoms with Crippen LogP contribution in [0, 0.1) is 11.8 Å². The molecule has 2 N–H and O–H groups in total. The van der Waals surface area contributed by atoms with Gasteiger partial charge < -0.3 is 10.4 Å². The van der Waals surface area contributed by atoms with Crippen molar-refractivity contribution < 1.29 is 14.7 Å². The Bertz CT molecular complexity index is 423. The molecule has 0 aromatic heterocycles. The smallest absolute Gasteiger partial charge is 0.335 e. The first kappa shape index (κ1) is 14.2. The minimum Gasteiger partial charge on any atom is -0.478 e. The quantitative estimate of drug-likeness (QED) is 0.841. The molecule has 4 nitrogen and oxygen atoms in total. The van der Waals surface area contributed by atoms with E-state index in [0.717, 1.165) is 5.56 Å². The molecule has 1 rings (SSSR count). The minimum absolute atomic E-state index is 0.0207. The van der Waals surface area contributed by atoms with Crippen LogP contribution in [-0.4, -0.2) is 17.0 Å². The van der Waals surface area contributed by atoms with Crippen LogP contribution in [0.4, 0.5) is 0 Å². The Balaban J connectivity index is 2.54. The van der Waals surface area contributed by atoms with Crippen LogP contribution in [0.3, 0.4) is 0 Å². The molecule has 1 atom stereocenters. The second kappa shape index (κ2) is 6.19. The van der Waals surface area contributed by atoms with Crippen molar-refractivity contribution in [2.75, 3.05) is 0 Å². The number of carboxylic acid groups (broad SMARTS) is 1. The maximum absolute atomic E-state index is 11.7. The molecule has 4 heteroatoms. The number of carboxylic acids is 1. The average Bonchev–Trinajstić information content (AvgIpc) is 2.35. The van der Waals surface area contributed by atoms with E-state index in [-0.39, 0.29) is 17.4 Å². The SMILES string of the molecule is CC(C)C(C)C(=O)NCc1ccc(C(=O)O)cc1. The summed E-state index contributed by atoms with van der Waals surface area (Å²) in [6.45, 7) is 6.33. The molecule has 1 unspecified atom stereocenters. The molecule has 1 amide bonds. The number of hydrogen-bond donors (Lipinski definition) is 2. The highest BCUT2D eigenvalue weighted by molar-refractivity contribution is 5.87. The van der Waals surface area contributed by atoms with Gasteiger partial charge in [0.1, 0.15) is 0 Å². The van der Waals surface area contributed by atoms with Crippen LogP contribution in [-0.2, 0) is 11.3 Å². The lowest BCUT2D eigenvalue weighted by molar-refractivity contribution is -0.125. The molecule has 0 heterocycles. The number of carbonyl (C=O) groups is 2.